The average Bonchev–Trinajstić information content (AvgIpc) is 2.63. The molecule has 0 saturated carbocycles. The van der Waals surface area contributed by atoms with Crippen molar-refractivity contribution in [1.82, 2.24) is 9.88 Å². The Balaban J connectivity index is 1.54. The maximum atomic E-state index is 13.0. The Bertz CT molecular complexity index is 582. The van der Waals surface area contributed by atoms with Crippen molar-refractivity contribution in [2.24, 2.45) is 11.8 Å². The first kappa shape index (κ1) is 18.2. The third-order valence-corrected chi connectivity index (χ3v) is 5.36. The predicted octanol–water partition coefficient (Wildman–Crippen LogP) is 3.21. The van der Waals surface area contributed by atoms with Crippen molar-refractivity contribution >= 4 is 5.91 Å². The van der Waals surface area contributed by atoms with Gasteiger partial charge in [-0.25, -0.2) is 0 Å². The molecule has 1 amide bonds. The molecule has 138 valence electrons. The minimum absolute atomic E-state index is 0.0219. The molecular formula is C20H30N2O3. The summed E-state index contributed by atoms with van der Waals surface area (Å²) in [7, 11) is 0. The van der Waals surface area contributed by atoms with E-state index in [1.807, 2.05) is 24.1 Å². The Morgan fingerprint density at radius 2 is 2.08 bits per heavy atom. The lowest BCUT2D eigenvalue weighted by molar-refractivity contribution is -0.149. The monoisotopic (exact) mass is 346 g/mol. The second-order valence-corrected chi connectivity index (χ2v) is 7.61. The maximum Gasteiger partial charge on any atom is 0.228 e. The van der Waals surface area contributed by atoms with Crippen molar-refractivity contribution in [1.29, 1.82) is 0 Å². The van der Waals surface area contributed by atoms with Gasteiger partial charge in [-0.15, -0.1) is 0 Å². The predicted molar refractivity (Wildman–Crippen MR) is 96.5 cm³/mol. The van der Waals surface area contributed by atoms with Crippen molar-refractivity contribution < 1.29 is 14.3 Å². The minimum Gasteiger partial charge on any atom is -0.490 e. The van der Waals surface area contributed by atoms with Crippen LogP contribution in [0.2, 0.25) is 0 Å². The second-order valence-electron chi connectivity index (χ2n) is 7.61. The normalized spacial score (nSPS) is 25.2. The summed E-state index contributed by atoms with van der Waals surface area (Å²) in [6, 6.07) is 1.92. The van der Waals surface area contributed by atoms with Crippen molar-refractivity contribution in [2.75, 3.05) is 19.7 Å². The first-order valence-corrected chi connectivity index (χ1v) is 9.54. The van der Waals surface area contributed by atoms with Crippen LogP contribution >= 0.6 is 0 Å². The molecule has 5 nitrogen and oxygen atoms in total. The second kappa shape index (κ2) is 8.17. The van der Waals surface area contributed by atoms with Crippen LogP contribution in [0.4, 0.5) is 0 Å². The first-order chi connectivity index (χ1) is 12.1. The van der Waals surface area contributed by atoms with Crippen LogP contribution in [0.1, 0.15) is 45.1 Å². The Hall–Kier alpha value is -1.62. The minimum atomic E-state index is 0.0219. The van der Waals surface area contributed by atoms with Gasteiger partial charge in [0.25, 0.3) is 0 Å². The van der Waals surface area contributed by atoms with Crippen LogP contribution in [0.5, 0.6) is 5.75 Å². The number of hydrogen-bond acceptors (Lipinski definition) is 4. The molecule has 0 unspecified atom stereocenters. The van der Waals surface area contributed by atoms with Crippen molar-refractivity contribution in [3.63, 3.8) is 0 Å². The van der Waals surface area contributed by atoms with E-state index in [1.165, 1.54) is 0 Å². The summed E-state index contributed by atoms with van der Waals surface area (Å²) >= 11 is 0. The van der Waals surface area contributed by atoms with Crippen LogP contribution in [0.25, 0.3) is 0 Å². The van der Waals surface area contributed by atoms with Crippen molar-refractivity contribution in [3.8, 4) is 5.75 Å². The highest BCUT2D eigenvalue weighted by molar-refractivity contribution is 5.79. The summed E-state index contributed by atoms with van der Waals surface area (Å²) in [6.45, 7) is 8.63. The van der Waals surface area contributed by atoms with Gasteiger partial charge in [-0.1, -0.05) is 13.8 Å². The summed E-state index contributed by atoms with van der Waals surface area (Å²) in [5, 5.41) is 0. The molecular weight excluding hydrogens is 316 g/mol. The van der Waals surface area contributed by atoms with Gasteiger partial charge in [-0.05, 0) is 31.7 Å². The van der Waals surface area contributed by atoms with E-state index in [1.54, 1.807) is 6.20 Å². The van der Waals surface area contributed by atoms with Gasteiger partial charge in [0, 0.05) is 50.5 Å². The Labute approximate surface area is 150 Å². The van der Waals surface area contributed by atoms with Crippen molar-refractivity contribution in [2.45, 2.75) is 58.7 Å². The Kier molecular flexibility index (Phi) is 5.94. The SMILES string of the molecule is Cc1cnccc1OC1CCN(C(=O)[C@@H]2CCCO[C@@H]2C(C)C)CC1. The molecule has 2 aliphatic rings. The standard InChI is InChI=1S/C20H30N2O3/c1-14(2)19-17(5-4-12-24-19)20(23)22-10-7-16(8-11-22)25-18-6-9-21-13-15(18)3/h6,9,13-14,16-17,19H,4-5,7-8,10-12H2,1-3H3/t17-,19-/m1/s1. The highest BCUT2D eigenvalue weighted by Crippen LogP contribution is 2.29. The van der Waals surface area contributed by atoms with E-state index in [2.05, 4.69) is 18.8 Å². The lowest BCUT2D eigenvalue weighted by Gasteiger charge is -2.39. The van der Waals surface area contributed by atoms with E-state index in [0.29, 0.717) is 5.92 Å². The molecule has 2 aliphatic heterocycles. The molecule has 0 aromatic carbocycles. The van der Waals surface area contributed by atoms with Crippen molar-refractivity contribution in [3.05, 3.63) is 24.0 Å². The molecule has 3 heterocycles. The fourth-order valence-corrected chi connectivity index (χ4v) is 3.93. The quantitative estimate of drug-likeness (QED) is 0.840. The zero-order valence-corrected chi connectivity index (χ0v) is 15.6. The fraction of sp³-hybridized carbons (Fsp3) is 0.700. The van der Waals surface area contributed by atoms with E-state index in [9.17, 15) is 4.79 Å². The van der Waals surface area contributed by atoms with Gasteiger partial charge in [0.05, 0.1) is 12.0 Å². The molecule has 0 aliphatic carbocycles. The number of likely N-dealkylation sites (tertiary alicyclic amines) is 1. The maximum absolute atomic E-state index is 13.0. The molecule has 25 heavy (non-hydrogen) atoms. The molecule has 1 aromatic heterocycles. The number of rotatable bonds is 4. The average molecular weight is 346 g/mol. The molecule has 5 heteroatoms. The number of aryl methyl sites for hydroxylation is 1. The molecule has 2 saturated heterocycles. The highest BCUT2D eigenvalue weighted by Gasteiger charge is 2.37. The molecule has 2 atom stereocenters. The molecule has 0 radical (unpaired) electrons. The number of amides is 1. The van der Waals surface area contributed by atoms with E-state index in [4.69, 9.17) is 9.47 Å². The van der Waals surface area contributed by atoms with Gasteiger partial charge in [0.15, 0.2) is 0 Å². The number of ether oxygens (including phenoxy) is 2. The number of pyridine rings is 1. The van der Waals surface area contributed by atoms with E-state index in [-0.39, 0.29) is 24.0 Å². The molecule has 0 bridgehead atoms. The summed E-state index contributed by atoms with van der Waals surface area (Å²) in [6.07, 6.45) is 7.53. The number of aromatic nitrogens is 1. The lowest BCUT2D eigenvalue weighted by atomic mass is 9.86. The molecule has 0 spiro atoms. The Morgan fingerprint density at radius 1 is 1.32 bits per heavy atom. The van der Waals surface area contributed by atoms with Crippen LogP contribution < -0.4 is 4.74 Å². The lowest BCUT2D eigenvalue weighted by Crippen LogP contribution is -2.49. The van der Waals surface area contributed by atoms with Gasteiger partial charge in [0.2, 0.25) is 5.91 Å². The number of carbonyl (C=O) groups is 1. The van der Waals surface area contributed by atoms with Crippen LogP contribution in [-0.4, -0.2) is 47.7 Å². The van der Waals surface area contributed by atoms with Crippen LogP contribution in [0, 0.1) is 18.8 Å². The van der Waals surface area contributed by atoms with Gasteiger partial charge in [0.1, 0.15) is 11.9 Å². The fourth-order valence-electron chi connectivity index (χ4n) is 3.93. The summed E-state index contributed by atoms with van der Waals surface area (Å²) in [5.41, 5.74) is 1.06. The highest BCUT2D eigenvalue weighted by atomic mass is 16.5. The molecule has 1 aromatic rings. The number of hydrogen-bond donors (Lipinski definition) is 0. The number of carbonyl (C=O) groups excluding carboxylic acids is 1. The summed E-state index contributed by atoms with van der Waals surface area (Å²) in [4.78, 5) is 19.1. The molecule has 3 rings (SSSR count). The smallest absolute Gasteiger partial charge is 0.228 e. The summed E-state index contributed by atoms with van der Waals surface area (Å²) in [5.74, 6) is 1.58. The zero-order chi connectivity index (χ0) is 17.8. The van der Waals surface area contributed by atoms with Gasteiger partial charge in [-0.3, -0.25) is 9.78 Å². The van der Waals surface area contributed by atoms with E-state index < -0.39 is 0 Å². The number of nitrogens with zero attached hydrogens (tertiary/aromatic N) is 2. The zero-order valence-electron chi connectivity index (χ0n) is 15.6. The first-order valence-electron chi connectivity index (χ1n) is 9.54. The van der Waals surface area contributed by atoms with E-state index >= 15 is 0 Å². The van der Waals surface area contributed by atoms with Gasteiger partial charge in [-0.2, -0.15) is 0 Å². The molecule has 2 fully saturated rings. The topological polar surface area (TPSA) is 51.7 Å². The van der Waals surface area contributed by atoms with Gasteiger partial charge < -0.3 is 14.4 Å². The molecule has 0 N–H and O–H groups in total. The third kappa shape index (κ3) is 4.32. The van der Waals surface area contributed by atoms with Crippen LogP contribution in [-0.2, 0) is 9.53 Å². The van der Waals surface area contributed by atoms with Crippen LogP contribution in [0.3, 0.4) is 0 Å². The third-order valence-electron chi connectivity index (χ3n) is 5.36. The Morgan fingerprint density at radius 3 is 2.76 bits per heavy atom. The summed E-state index contributed by atoms with van der Waals surface area (Å²) < 4.78 is 12.0. The van der Waals surface area contributed by atoms with E-state index in [0.717, 1.165) is 56.7 Å². The largest absolute Gasteiger partial charge is 0.490 e. The van der Waals surface area contributed by atoms with Gasteiger partial charge >= 0.3 is 0 Å². The van der Waals surface area contributed by atoms with Crippen LogP contribution in [0.15, 0.2) is 18.5 Å². The number of piperidine rings is 1.